The fourth-order valence-corrected chi connectivity index (χ4v) is 1.23. The van der Waals surface area contributed by atoms with Gasteiger partial charge < -0.3 is 5.11 Å². The molecule has 1 aromatic carbocycles. The van der Waals surface area contributed by atoms with Gasteiger partial charge in [0, 0.05) is 17.7 Å². The van der Waals surface area contributed by atoms with Crippen LogP contribution in [-0.2, 0) is 6.61 Å². The molecule has 0 amide bonds. The molecule has 1 rings (SSSR count). The molecule has 0 heterocycles. The molecule has 0 radical (unpaired) electrons. The van der Waals surface area contributed by atoms with Crippen molar-refractivity contribution in [2.24, 2.45) is 0 Å². The Kier molecular flexibility index (Phi) is 2.79. The SMILES string of the molecule is Cc1cc([N+](=O)[O-])cc(CO)c1C#N. The van der Waals surface area contributed by atoms with Gasteiger partial charge in [0.05, 0.1) is 23.2 Å². The van der Waals surface area contributed by atoms with Crippen molar-refractivity contribution in [3.05, 3.63) is 38.9 Å². The lowest BCUT2D eigenvalue weighted by Gasteiger charge is -2.03. The number of nitriles is 1. The van der Waals surface area contributed by atoms with Gasteiger partial charge in [-0.1, -0.05) is 0 Å². The molecule has 1 aromatic rings. The second-order valence-corrected chi connectivity index (χ2v) is 2.82. The number of nitro groups is 1. The third-order valence-electron chi connectivity index (χ3n) is 1.89. The maximum absolute atomic E-state index is 10.5. The average Bonchev–Trinajstić information content (AvgIpc) is 2.16. The number of non-ortho nitro benzene ring substituents is 1. The third-order valence-corrected chi connectivity index (χ3v) is 1.89. The van der Waals surface area contributed by atoms with Crippen LogP contribution in [-0.4, -0.2) is 10.0 Å². The van der Waals surface area contributed by atoms with Crippen molar-refractivity contribution in [1.82, 2.24) is 0 Å². The van der Waals surface area contributed by atoms with E-state index < -0.39 is 4.92 Å². The summed E-state index contributed by atoms with van der Waals surface area (Å²) >= 11 is 0. The number of nitrogens with zero attached hydrogens (tertiary/aromatic N) is 2. The summed E-state index contributed by atoms with van der Waals surface area (Å²) in [6.45, 7) is 1.23. The third kappa shape index (κ3) is 1.70. The van der Waals surface area contributed by atoms with E-state index in [2.05, 4.69) is 0 Å². The minimum atomic E-state index is -0.548. The van der Waals surface area contributed by atoms with E-state index in [1.165, 1.54) is 12.1 Å². The summed E-state index contributed by atoms with van der Waals surface area (Å²) in [7, 11) is 0. The van der Waals surface area contributed by atoms with Crippen molar-refractivity contribution in [2.75, 3.05) is 0 Å². The smallest absolute Gasteiger partial charge is 0.270 e. The largest absolute Gasteiger partial charge is 0.392 e. The molecule has 14 heavy (non-hydrogen) atoms. The summed E-state index contributed by atoms with van der Waals surface area (Å²) in [5, 5.41) is 28.1. The number of benzene rings is 1. The summed E-state index contributed by atoms with van der Waals surface area (Å²) < 4.78 is 0. The molecular formula is C9H8N2O3. The lowest BCUT2D eigenvalue weighted by Crippen LogP contribution is -1.97. The number of hydrogen-bond donors (Lipinski definition) is 1. The van der Waals surface area contributed by atoms with E-state index in [9.17, 15) is 10.1 Å². The van der Waals surface area contributed by atoms with Gasteiger partial charge in [0.25, 0.3) is 5.69 Å². The van der Waals surface area contributed by atoms with E-state index in [1.807, 2.05) is 6.07 Å². The minimum Gasteiger partial charge on any atom is -0.392 e. The monoisotopic (exact) mass is 192 g/mol. The molecule has 0 saturated carbocycles. The highest BCUT2D eigenvalue weighted by molar-refractivity contribution is 5.50. The highest BCUT2D eigenvalue weighted by atomic mass is 16.6. The Hall–Kier alpha value is -1.93. The molecule has 0 bridgehead atoms. The summed E-state index contributed by atoms with van der Waals surface area (Å²) in [5.41, 5.74) is 0.994. The molecule has 72 valence electrons. The standard InChI is InChI=1S/C9H8N2O3/c1-6-2-8(11(13)14)3-7(5-12)9(6)4-10/h2-3,12H,5H2,1H3. The van der Waals surface area contributed by atoms with Crippen LogP contribution in [0.3, 0.4) is 0 Å². The van der Waals surface area contributed by atoms with Crippen LogP contribution in [0.4, 0.5) is 5.69 Å². The van der Waals surface area contributed by atoms with Gasteiger partial charge in [-0.25, -0.2) is 0 Å². The van der Waals surface area contributed by atoms with Crippen molar-refractivity contribution >= 4 is 5.69 Å². The normalized spacial score (nSPS) is 9.50. The van der Waals surface area contributed by atoms with Gasteiger partial charge in [-0.3, -0.25) is 10.1 Å². The van der Waals surface area contributed by atoms with E-state index in [4.69, 9.17) is 10.4 Å². The van der Waals surface area contributed by atoms with Crippen LogP contribution in [0.1, 0.15) is 16.7 Å². The molecule has 0 aliphatic carbocycles. The molecular weight excluding hydrogens is 184 g/mol. The Balaban J connectivity index is 3.40. The van der Waals surface area contributed by atoms with Gasteiger partial charge in [-0.2, -0.15) is 5.26 Å². The zero-order valence-electron chi connectivity index (χ0n) is 7.52. The fraction of sp³-hybridized carbons (Fsp3) is 0.222. The second-order valence-electron chi connectivity index (χ2n) is 2.82. The average molecular weight is 192 g/mol. The maximum Gasteiger partial charge on any atom is 0.270 e. The van der Waals surface area contributed by atoms with Crippen LogP contribution in [0.2, 0.25) is 0 Å². The van der Waals surface area contributed by atoms with Crippen LogP contribution in [0.15, 0.2) is 12.1 Å². The Labute approximate surface area is 80.4 Å². The van der Waals surface area contributed by atoms with Crippen molar-refractivity contribution in [3.63, 3.8) is 0 Å². The van der Waals surface area contributed by atoms with Crippen LogP contribution < -0.4 is 0 Å². The molecule has 5 heteroatoms. The first-order valence-corrected chi connectivity index (χ1v) is 3.89. The lowest BCUT2D eigenvalue weighted by molar-refractivity contribution is -0.385. The van der Waals surface area contributed by atoms with E-state index in [0.29, 0.717) is 16.7 Å². The van der Waals surface area contributed by atoms with E-state index in [-0.39, 0.29) is 12.3 Å². The fourth-order valence-electron chi connectivity index (χ4n) is 1.23. The first kappa shape index (κ1) is 10.2. The highest BCUT2D eigenvalue weighted by Gasteiger charge is 2.13. The zero-order valence-corrected chi connectivity index (χ0v) is 7.52. The predicted octanol–water partition coefficient (Wildman–Crippen LogP) is 1.27. The number of aliphatic hydroxyl groups excluding tert-OH is 1. The van der Waals surface area contributed by atoms with E-state index in [0.717, 1.165) is 0 Å². The summed E-state index contributed by atoms with van der Waals surface area (Å²) in [6, 6.07) is 4.43. The van der Waals surface area contributed by atoms with Crippen molar-refractivity contribution in [3.8, 4) is 6.07 Å². The second kappa shape index (κ2) is 3.85. The molecule has 0 saturated heterocycles. The molecule has 1 N–H and O–H groups in total. The summed E-state index contributed by atoms with van der Waals surface area (Å²) in [6.07, 6.45) is 0. The molecule has 0 fully saturated rings. The molecule has 0 aromatic heterocycles. The van der Waals surface area contributed by atoms with Crippen LogP contribution in [0.5, 0.6) is 0 Å². The van der Waals surface area contributed by atoms with Crippen LogP contribution >= 0.6 is 0 Å². The van der Waals surface area contributed by atoms with Gasteiger partial charge in [0.1, 0.15) is 0 Å². The van der Waals surface area contributed by atoms with E-state index in [1.54, 1.807) is 6.92 Å². The van der Waals surface area contributed by atoms with Crippen molar-refractivity contribution in [2.45, 2.75) is 13.5 Å². The molecule has 0 atom stereocenters. The van der Waals surface area contributed by atoms with Crippen molar-refractivity contribution in [1.29, 1.82) is 5.26 Å². The molecule has 0 spiro atoms. The number of aliphatic hydroxyl groups is 1. The number of aryl methyl sites for hydroxylation is 1. The Morgan fingerprint density at radius 3 is 2.71 bits per heavy atom. The minimum absolute atomic E-state index is 0.106. The number of hydrogen-bond acceptors (Lipinski definition) is 4. The summed E-state index contributed by atoms with van der Waals surface area (Å²) in [5.74, 6) is 0. The Bertz CT molecular complexity index is 421. The zero-order chi connectivity index (χ0) is 10.7. The number of rotatable bonds is 2. The molecule has 0 unspecified atom stereocenters. The number of nitro benzene ring substituents is 1. The van der Waals surface area contributed by atoms with Gasteiger partial charge in [-0.05, 0) is 12.5 Å². The molecule has 0 aliphatic heterocycles. The first-order valence-electron chi connectivity index (χ1n) is 3.89. The summed E-state index contributed by atoms with van der Waals surface area (Å²) in [4.78, 5) is 9.91. The van der Waals surface area contributed by atoms with E-state index >= 15 is 0 Å². The highest BCUT2D eigenvalue weighted by Crippen LogP contribution is 2.21. The lowest BCUT2D eigenvalue weighted by atomic mass is 10.0. The Morgan fingerprint density at radius 2 is 2.29 bits per heavy atom. The van der Waals surface area contributed by atoms with Gasteiger partial charge in [0.15, 0.2) is 0 Å². The van der Waals surface area contributed by atoms with Crippen molar-refractivity contribution < 1.29 is 10.0 Å². The maximum atomic E-state index is 10.5. The topological polar surface area (TPSA) is 87.2 Å². The van der Waals surface area contributed by atoms with Crippen LogP contribution in [0, 0.1) is 28.4 Å². The van der Waals surface area contributed by atoms with Gasteiger partial charge in [0.2, 0.25) is 0 Å². The van der Waals surface area contributed by atoms with Gasteiger partial charge >= 0.3 is 0 Å². The first-order chi connectivity index (χ1) is 6.60. The van der Waals surface area contributed by atoms with Crippen LogP contribution in [0.25, 0.3) is 0 Å². The molecule has 5 nitrogen and oxygen atoms in total. The quantitative estimate of drug-likeness (QED) is 0.564. The Morgan fingerprint density at radius 1 is 1.64 bits per heavy atom. The predicted molar refractivity (Wildman–Crippen MR) is 48.5 cm³/mol. The van der Waals surface area contributed by atoms with Gasteiger partial charge in [-0.15, -0.1) is 0 Å². The molecule has 0 aliphatic rings.